The molecule has 0 amide bonds. The smallest absolute Gasteiger partial charge is 0.323 e. The Balaban J connectivity index is 1.97. The normalized spacial score (nSPS) is 27.5. The SMILES string of the molecule is CCCNC1(C(=O)O)CCC(Sc2cccs2)C1. The first-order valence-corrected chi connectivity index (χ1v) is 8.11. The number of carboxylic acids is 1. The van der Waals surface area contributed by atoms with Crippen LogP contribution in [0.2, 0.25) is 0 Å². The van der Waals surface area contributed by atoms with Crippen molar-refractivity contribution in [3.63, 3.8) is 0 Å². The molecule has 1 fully saturated rings. The number of aliphatic carboxylic acids is 1. The molecule has 0 spiro atoms. The summed E-state index contributed by atoms with van der Waals surface area (Å²) in [5.74, 6) is -0.690. The number of carbonyl (C=O) groups is 1. The molecule has 1 heterocycles. The van der Waals surface area contributed by atoms with Gasteiger partial charge in [-0.25, -0.2) is 0 Å². The topological polar surface area (TPSA) is 49.3 Å². The maximum Gasteiger partial charge on any atom is 0.323 e. The van der Waals surface area contributed by atoms with Gasteiger partial charge < -0.3 is 10.4 Å². The van der Waals surface area contributed by atoms with E-state index in [0.29, 0.717) is 5.25 Å². The predicted molar refractivity (Wildman–Crippen MR) is 76.5 cm³/mol. The summed E-state index contributed by atoms with van der Waals surface area (Å²) in [7, 11) is 0. The Hall–Kier alpha value is -0.520. The van der Waals surface area contributed by atoms with Crippen LogP contribution in [0.25, 0.3) is 0 Å². The third-order valence-electron chi connectivity index (χ3n) is 3.37. The Morgan fingerprint density at radius 1 is 1.72 bits per heavy atom. The van der Waals surface area contributed by atoms with Crippen LogP contribution in [0.5, 0.6) is 0 Å². The van der Waals surface area contributed by atoms with Crippen molar-refractivity contribution in [3.8, 4) is 0 Å². The van der Waals surface area contributed by atoms with Gasteiger partial charge >= 0.3 is 5.97 Å². The lowest BCUT2D eigenvalue weighted by atomic mass is 9.98. The van der Waals surface area contributed by atoms with E-state index in [-0.39, 0.29) is 0 Å². The van der Waals surface area contributed by atoms with E-state index in [2.05, 4.69) is 23.7 Å². The zero-order valence-electron chi connectivity index (χ0n) is 10.5. The van der Waals surface area contributed by atoms with Crippen LogP contribution in [0, 0.1) is 0 Å². The quantitative estimate of drug-likeness (QED) is 0.842. The van der Waals surface area contributed by atoms with Gasteiger partial charge in [-0.2, -0.15) is 0 Å². The highest BCUT2D eigenvalue weighted by molar-refractivity contribution is 8.01. The van der Waals surface area contributed by atoms with Crippen molar-refractivity contribution in [2.24, 2.45) is 0 Å². The molecule has 2 atom stereocenters. The van der Waals surface area contributed by atoms with Crippen LogP contribution in [0.4, 0.5) is 0 Å². The largest absolute Gasteiger partial charge is 0.480 e. The molecule has 2 rings (SSSR count). The number of thiophene rings is 1. The summed E-state index contributed by atoms with van der Waals surface area (Å²) in [5, 5.41) is 15.2. The minimum absolute atomic E-state index is 0.420. The van der Waals surface area contributed by atoms with E-state index in [1.807, 2.05) is 17.8 Å². The van der Waals surface area contributed by atoms with E-state index in [4.69, 9.17) is 0 Å². The fourth-order valence-electron chi connectivity index (χ4n) is 2.39. The van der Waals surface area contributed by atoms with Crippen LogP contribution in [0.15, 0.2) is 21.7 Å². The molecule has 0 radical (unpaired) electrons. The van der Waals surface area contributed by atoms with Crippen molar-refractivity contribution in [2.45, 2.75) is 47.6 Å². The molecule has 2 unspecified atom stereocenters. The third-order valence-corrected chi connectivity index (χ3v) is 5.71. The van der Waals surface area contributed by atoms with E-state index in [9.17, 15) is 9.90 Å². The van der Waals surface area contributed by atoms with Gasteiger partial charge in [0.2, 0.25) is 0 Å². The Labute approximate surface area is 116 Å². The van der Waals surface area contributed by atoms with Crippen molar-refractivity contribution in [2.75, 3.05) is 6.54 Å². The monoisotopic (exact) mass is 285 g/mol. The van der Waals surface area contributed by atoms with E-state index in [1.54, 1.807) is 11.3 Å². The molecule has 0 saturated heterocycles. The van der Waals surface area contributed by atoms with Crippen LogP contribution in [-0.4, -0.2) is 28.4 Å². The third kappa shape index (κ3) is 3.08. The first-order valence-electron chi connectivity index (χ1n) is 6.35. The molecule has 100 valence electrons. The Morgan fingerprint density at radius 2 is 2.56 bits per heavy atom. The lowest BCUT2D eigenvalue weighted by Gasteiger charge is -2.25. The summed E-state index contributed by atoms with van der Waals surface area (Å²) >= 11 is 3.56. The number of hydrogen-bond donors (Lipinski definition) is 2. The Bertz CT molecular complexity index is 394. The molecule has 1 aliphatic carbocycles. The van der Waals surface area contributed by atoms with Gasteiger partial charge in [0.15, 0.2) is 0 Å². The van der Waals surface area contributed by atoms with E-state index in [0.717, 1.165) is 32.2 Å². The van der Waals surface area contributed by atoms with Gasteiger partial charge in [-0.3, -0.25) is 4.79 Å². The van der Waals surface area contributed by atoms with Gasteiger partial charge in [0.1, 0.15) is 5.54 Å². The van der Waals surface area contributed by atoms with Gasteiger partial charge in [0.25, 0.3) is 0 Å². The summed E-state index contributed by atoms with van der Waals surface area (Å²) in [6.07, 6.45) is 3.42. The summed E-state index contributed by atoms with van der Waals surface area (Å²) in [4.78, 5) is 11.5. The lowest BCUT2D eigenvalue weighted by Crippen LogP contribution is -2.50. The van der Waals surface area contributed by atoms with Crippen molar-refractivity contribution < 1.29 is 9.90 Å². The summed E-state index contributed by atoms with van der Waals surface area (Å²) in [6, 6.07) is 4.15. The summed E-state index contributed by atoms with van der Waals surface area (Å²) < 4.78 is 1.29. The zero-order chi connectivity index (χ0) is 13.0. The standard InChI is InChI=1S/C13H19NO2S2/c1-2-7-14-13(12(15)16)6-5-10(9-13)18-11-4-3-8-17-11/h3-4,8,10,14H,2,5-7,9H2,1H3,(H,15,16). The molecule has 0 aliphatic heterocycles. The molecule has 1 saturated carbocycles. The Kier molecular flexibility index (Phi) is 4.70. The average Bonchev–Trinajstić information content (AvgIpc) is 2.97. The summed E-state index contributed by atoms with van der Waals surface area (Å²) in [6.45, 7) is 2.85. The van der Waals surface area contributed by atoms with Gasteiger partial charge in [-0.1, -0.05) is 13.0 Å². The molecule has 1 aromatic heterocycles. The lowest BCUT2D eigenvalue weighted by molar-refractivity contribution is -0.144. The first-order chi connectivity index (χ1) is 8.66. The van der Waals surface area contributed by atoms with Gasteiger partial charge in [-0.15, -0.1) is 23.1 Å². The number of thioether (sulfide) groups is 1. The van der Waals surface area contributed by atoms with E-state index < -0.39 is 11.5 Å². The second-order valence-corrected chi connectivity index (χ2v) is 7.28. The minimum Gasteiger partial charge on any atom is -0.480 e. The fourth-order valence-corrected chi connectivity index (χ4v) is 4.73. The highest BCUT2D eigenvalue weighted by atomic mass is 32.2. The van der Waals surface area contributed by atoms with Crippen LogP contribution in [0.3, 0.4) is 0 Å². The number of nitrogens with one attached hydrogen (secondary N) is 1. The maximum absolute atomic E-state index is 11.5. The molecule has 0 bridgehead atoms. The highest BCUT2D eigenvalue weighted by Crippen LogP contribution is 2.41. The molecule has 1 aliphatic rings. The Morgan fingerprint density at radius 3 is 3.17 bits per heavy atom. The maximum atomic E-state index is 11.5. The van der Waals surface area contributed by atoms with E-state index >= 15 is 0 Å². The second-order valence-electron chi connectivity index (χ2n) is 4.73. The molecular weight excluding hydrogens is 266 g/mol. The van der Waals surface area contributed by atoms with Crippen LogP contribution in [0.1, 0.15) is 32.6 Å². The number of hydrogen-bond acceptors (Lipinski definition) is 4. The van der Waals surface area contributed by atoms with Crippen molar-refractivity contribution in [1.82, 2.24) is 5.32 Å². The van der Waals surface area contributed by atoms with Crippen molar-refractivity contribution >= 4 is 29.1 Å². The second kappa shape index (κ2) is 6.08. The van der Waals surface area contributed by atoms with Gasteiger partial charge in [0.05, 0.1) is 4.21 Å². The average molecular weight is 285 g/mol. The van der Waals surface area contributed by atoms with Crippen LogP contribution in [-0.2, 0) is 4.79 Å². The van der Waals surface area contributed by atoms with Gasteiger partial charge in [0, 0.05) is 5.25 Å². The molecule has 1 aromatic rings. The molecule has 2 N–H and O–H groups in total. The van der Waals surface area contributed by atoms with Gasteiger partial charge in [-0.05, 0) is 43.7 Å². The predicted octanol–water partition coefficient (Wildman–Crippen LogP) is 3.22. The zero-order valence-corrected chi connectivity index (χ0v) is 12.1. The van der Waals surface area contributed by atoms with Crippen molar-refractivity contribution in [3.05, 3.63) is 17.5 Å². The molecule has 3 nitrogen and oxygen atoms in total. The highest BCUT2D eigenvalue weighted by Gasteiger charge is 2.45. The molecule has 0 aromatic carbocycles. The molecular formula is C13H19NO2S2. The first kappa shape index (κ1) is 13.9. The minimum atomic E-state index is -0.690. The van der Waals surface area contributed by atoms with Crippen LogP contribution >= 0.6 is 23.1 Å². The van der Waals surface area contributed by atoms with Crippen molar-refractivity contribution in [1.29, 1.82) is 0 Å². The molecule has 5 heteroatoms. The van der Waals surface area contributed by atoms with Crippen LogP contribution < -0.4 is 5.32 Å². The number of carboxylic acid groups (broad SMARTS) is 1. The summed E-state index contributed by atoms with van der Waals surface area (Å²) in [5.41, 5.74) is -0.690. The van der Waals surface area contributed by atoms with E-state index in [1.165, 1.54) is 4.21 Å². The molecule has 18 heavy (non-hydrogen) atoms. The fraction of sp³-hybridized carbons (Fsp3) is 0.615. The number of rotatable bonds is 6.